The van der Waals surface area contributed by atoms with E-state index in [0.717, 1.165) is 11.1 Å². The number of hydrogen-bond donors (Lipinski definition) is 2. The van der Waals surface area contributed by atoms with Crippen molar-refractivity contribution in [2.75, 3.05) is 69.0 Å². The van der Waals surface area contributed by atoms with E-state index in [0.29, 0.717) is 69.7 Å². The Bertz CT molecular complexity index is 2090. The maximum Gasteiger partial charge on any atom is 0.263 e. The molecule has 3 aromatic rings. The highest BCUT2D eigenvalue weighted by molar-refractivity contribution is 6.15. The van der Waals surface area contributed by atoms with Crippen LogP contribution in [0.25, 0.3) is 32.7 Å². The second-order valence-electron chi connectivity index (χ2n) is 13.4. The van der Waals surface area contributed by atoms with Crippen LogP contribution in [0.1, 0.15) is 11.1 Å². The minimum atomic E-state index is -0.444. The van der Waals surface area contributed by atoms with Crippen molar-refractivity contribution < 1.29 is 27.1 Å². The summed E-state index contributed by atoms with van der Waals surface area (Å²) in [7, 11) is 13.7. The highest BCUT2D eigenvalue weighted by atomic mass is 35.5. The molecule has 13 heteroatoms. The van der Waals surface area contributed by atoms with E-state index in [-0.39, 0.29) is 54.9 Å². The lowest BCUT2D eigenvalue weighted by Crippen LogP contribution is -3.00. The Hall–Kier alpha value is -3.74. The molecule has 0 amide bonds. The van der Waals surface area contributed by atoms with Gasteiger partial charge < -0.3 is 36.9 Å². The predicted molar refractivity (Wildman–Crippen MR) is 185 cm³/mol. The summed E-state index contributed by atoms with van der Waals surface area (Å²) in [6.45, 7) is 2.46. The van der Waals surface area contributed by atoms with Gasteiger partial charge in [0.05, 0.1) is 37.4 Å². The van der Waals surface area contributed by atoms with E-state index in [9.17, 15) is 24.6 Å². The molecule has 0 spiro atoms. The molecule has 5 rings (SSSR count). The molecule has 2 heterocycles. The number of pyridine rings is 2. The van der Waals surface area contributed by atoms with Crippen molar-refractivity contribution in [3.05, 3.63) is 83.9 Å². The Labute approximate surface area is 286 Å². The first-order valence-corrected chi connectivity index (χ1v) is 15.1. The van der Waals surface area contributed by atoms with E-state index in [1.165, 1.54) is 9.13 Å². The van der Waals surface area contributed by atoms with Crippen LogP contribution in [0.5, 0.6) is 11.6 Å². The number of benzene rings is 3. The lowest BCUT2D eigenvalue weighted by Gasteiger charge is -2.24. The van der Waals surface area contributed by atoms with Gasteiger partial charge in [-0.2, -0.15) is 0 Å². The largest absolute Gasteiger partial charge is 1.00 e. The molecule has 2 N–H and O–H groups in total. The average Bonchev–Trinajstić information content (AvgIpc) is 2.95. The predicted octanol–water partition coefficient (Wildman–Crippen LogP) is -1.03. The number of aromatic hydroxyl groups is 2. The number of halogens is 2. The third-order valence-corrected chi connectivity index (χ3v) is 8.18. The number of likely N-dealkylation sites (N-methyl/N-ethyl adjacent to an activating group) is 2. The summed E-state index contributed by atoms with van der Waals surface area (Å²) in [5.41, 5.74) is 1.21. The van der Waals surface area contributed by atoms with Gasteiger partial charge in [0.15, 0.2) is 0 Å². The molecule has 0 unspecified atom stereocenters. The van der Waals surface area contributed by atoms with Crippen LogP contribution in [0.2, 0.25) is 0 Å². The number of phenols is 1. The van der Waals surface area contributed by atoms with Gasteiger partial charge in [-0.05, 0) is 70.5 Å². The normalized spacial score (nSPS) is 12.5. The zero-order valence-electron chi connectivity index (χ0n) is 28.0. The molecule has 0 saturated carbocycles. The van der Waals surface area contributed by atoms with Gasteiger partial charge in [0, 0.05) is 60.0 Å². The van der Waals surface area contributed by atoms with E-state index in [1.807, 2.05) is 50.1 Å². The maximum absolute atomic E-state index is 14.1. The summed E-state index contributed by atoms with van der Waals surface area (Å²) >= 11 is 0. The molecular formula is C34H44Cl2N6O5. The quantitative estimate of drug-likeness (QED) is 0.135. The highest BCUT2D eigenvalue weighted by Crippen LogP contribution is 2.36. The van der Waals surface area contributed by atoms with E-state index >= 15 is 0 Å². The summed E-state index contributed by atoms with van der Waals surface area (Å²) in [5.74, 6) is 0.0456. The first-order valence-electron chi connectivity index (χ1n) is 15.1. The summed E-state index contributed by atoms with van der Waals surface area (Å²) in [4.78, 5) is 50.2. The summed E-state index contributed by atoms with van der Waals surface area (Å²) < 4.78 is 3.24. The molecule has 0 saturated heterocycles. The van der Waals surface area contributed by atoms with E-state index in [1.54, 1.807) is 24.3 Å². The Morgan fingerprint density at radius 2 is 1.40 bits per heavy atom. The molecule has 2 aromatic carbocycles. The van der Waals surface area contributed by atoms with Gasteiger partial charge in [-0.15, -0.1) is 12.4 Å². The van der Waals surface area contributed by atoms with Gasteiger partial charge in [0.25, 0.3) is 16.7 Å². The van der Waals surface area contributed by atoms with Crippen molar-refractivity contribution in [3.63, 3.8) is 0 Å². The second-order valence-corrected chi connectivity index (χ2v) is 13.4. The molecule has 0 fully saturated rings. The maximum atomic E-state index is 14.1. The molecule has 254 valence electrons. The van der Waals surface area contributed by atoms with Crippen molar-refractivity contribution in [2.24, 2.45) is 4.99 Å². The molecule has 0 radical (unpaired) electrons. The molecular weight excluding hydrogens is 643 g/mol. The van der Waals surface area contributed by atoms with Crippen LogP contribution in [0, 0.1) is 0 Å². The van der Waals surface area contributed by atoms with E-state index in [4.69, 9.17) is 4.99 Å². The van der Waals surface area contributed by atoms with Crippen molar-refractivity contribution in [2.45, 2.75) is 26.1 Å². The van der Waals surface area contributed by atoms with Gasteiger partial charge in [0.2, 0.25) is 5.88 Å². The highest BCUT2D eigenvalue weighted by Gasteiger charge is 2.26. The monoisotopic (exact) mass is 686 g/mol. The summed E-state index contributed by atoms with van der Waals surface area (Å²) in [5, 5.41) is 23.5. The Kier molecular flexibility index (Phi) is 11.7. The molecule has 1 aliphatic heterocycles. The SMILES string of the molecule is CN(C)CCn1c(O)c2ccc3c4c2c(c(=NCCc2ccc(O)c(C[N+](C)(C)C)c2)cc-4c(=O)n(CCN(C)C)c3=O)c1=O.Cl.[Cl-]. The van der Waals surface area contributed by atoms with Crippen LogP contribution in [0.15, 0.2) is 55.8 Å². The average molecular weight is 688 g/mol. The molecule has 47 heavy (non-hydrogen) atoms. The summed E-state index contributed by atoms with van der Waals surface area (Å²) in [6.07, 6.45) is 0.543. The van der Waals surface area contributed by atoms with Gasteiger partial charge in [-0.3, -0.25) is 28.5 Å². The topological polar surface area (TPSA) is 120 Å². The van der Waals surface area contributed by atoms with Crippen LogP contribution < -0.4 is 34.4 Å². The number of aromatic nitrogens is 2. The lowest BCUT2D eigenvalue weighted by molar-refractivity contribution is -0.884. The van der Waals surface area contributed by atoms with Gasteiger partial charge in [-0.1, -0.05) is 6.07 Å². The van der Waals surface area contributed by atoms with E-state index < -0.39 is 16.7 Å². The fraction of sp³-hybridized carbons (Fsp3) is 0.412. The third-order valence-electron chi connectivity index (χ3n) is 8.18. The van der Waals surface area contributed by atoms with Gasteiger partial charge >= 0.3 is 0 Å². The summed E-state index contributed by atoms with van der Waals surface area (Å²) in [6, 6.07) is 10.5. The molecule has 0 bridgehead atoms. The fourth-order valence-corrected chi connectivity index (χ4v) is 5.93. The Balaban J connectivity index is 0.00000300. The smallest absolute Gasteiger partial charge is 0.263 e. The lowest BCUT2D eigenvalue weighted by atomic mass is 9.90. The third kappa shape index (κ3) is 7.55. The Morgan fingerprint density at radius 1 is 0.787 bits per heavy atom. The minimum absolute atomic E-state index is 0. The van der Waals surface area contributed by atoms with Crippen LogP contribution in [-0.4, -0.2) is 103 Å². The fourth-order valence-electron chi connectivity index (χ4n) is 5.93. The first kappa shape index (κ1) is 37.7. The standard InChI is InChI=1S/C34H42N6O5.2ClH/c1-36(2)14-16-38-31(42)23-9-10-24-29-28(23)25(33(38)44)19-26(30(29)34(45)39(32(24)43)17-15-37(3)4)35-13-12-21-8-11-27(41)22(18-21)20-40(5,6)7;;/h8-11,18-19H,12-17,20H2,1-7H3,(H-,35,41,43,45);2*1H. The van der Waals surface area contributed by atoms with Gasteiger partial charge in [-0.25, -0.2) is 0 Å². The Morgan fingerprint density at radius 3 is 2.02 bits per heavy atom. The molecule has 2 aliphatic rings. The van der Waals surface area contributed by atoms with Crippen molar-refractivity contribution in [1.29, 1.82) is 0 Å². The zero-order valence-corrected chi connectivity index (χ0v) is 29.6. The molecule has 1 aromatic heterocycles. The van der Waals surface area contributed by atoms with Crippen LogP contribution in [-0.2, 0) is 26.1 Å². The van der Waals surface area contributed by atoms with Crippen LogP contribution in [0.3, 0.4) is 0 Å². The number of nitrogens with zero attached hydrogens (tertiary/aromatic N) is 6. The van der Waals surface area contributed by atoms with Crippen LogP contribution in [0.4, 0.5) is 0 Å². The van der Waals surface area contributed by atoms with Gasteiger partial charge in [0.1, 0.15) is 12.3 Å². The van der Waals surface area contributed by atoms with E-state index in [2.05, 4.69) is 21.1 Å². The number of quaternary nitrogens is 1. The molecule has 1 aliphatic carbocycles. The number of rotatable bonds is 11. The number of phenolic OH excluding ortho intramolecular Hbond substituents is 1. The van der Waals surface area contributed by atoms with Crippen molar-refractivity contribution >= 4 is 34.0 Å². The zero-order chi connectivity index (χ0) is 32.8. The van der Waals surface area contributed by atoms with Crippen LogP contribution >= 0.6 is 12.4 Å². The number of hydrogen-bond acceptors (Lipinski definition) is 8. The first-order chi connectivity index (χ1) is 21.2. The second kappa shape index (κ2) is 14.6. The molecule has 11 nitrogen and oxygen atoms in total. The van der Waals surface area contributed by atoms with Crippen molar-refractivity contribution in [1.82, 2.24) is 18.9 Å². The molecule has 0 atom stereocenters. The minimum Gasteiger partial charge on any atom is -1.00 e. The van der Waals surface area contributed by atoms with Crippen molar-refractivity contribution in [3.8, 4) is 22.8 Å².